The first kappa shape index (κ1) is 23.5. The number of carbonyl (C=O) groups is 1. The molecule has 1 fully saturated rings. The molecule has 1 amide bonds. The number of nitrogens with one attached hydrogen (secondary N) is 1. The van der Waals surface area contributed by atoms with Crippen molar-refractivity contribution in [1.29, 1.82) is 0 Å². The summed E-state index contributed by atoms with van der Waals surface area (Å²) in [5, 5.41) is 2.01. The first-order chi connectivity index (χ1) is 16.6. The molecule has 0 aliphatic carbocycles. The zero-order chi connectivity index (χ0) is 24.9. The van der Waals surface area contributed by atoms with Crippen molar-refractivity contribution in [2.75, 3.05) is 18.8 Å². The highest BCUT2D eigenvalue weighted by Crippen LogP contribution is 2.29. The number of rotatable bonds is 5. The third-order valence-corrected chi connectivity index (χ3v) is 8.42. The van der Waals surface area contributed by atoms with Crippen molar-refractivity contribution in [3.05, 3.63) is 59.4 Å². The van der Waals surface area contributed by atoms with Gasteiger partial charge in [-0.3, -0.25) is 4.79 Å². The topological polar surface area (TPSA) is 125 Å². The predicted molar refractivity (Wildman–Crippen MR) is 135 cm³/mol. The predicted octanol–water partition coefficient (Wildman–Crippen LogP) is 3.40. The van der Waals surface area contributed by atoms with Crippen molar-refractivity contribution in [3.63, 3.8) is 0 Å². The number of aromatic nitrogens is 3. The van der Waals surface area contributed by atoms with E-state index in [4.69, 9.17) is 17.3 Å². The van der Waals surface area contributed by atoms with Gasteiger partial charge in [-0.25, -0.2) is 18.4 Å². The maximum Gasteiger partial charge on any atom is 0.259 e. The van der Waals surface area contributed by atoms with E-state index in [9.17, 15) is 13.2 Å². The van der Waals surface area contributed by atoms with Crippen molar-refractivity contribution >= 4 is 55.2 Å². The Hall–Kier alpha value is -3.21. The van der Waals surface area contributed by atoms with Crippen LogP contribution in [0.3, 0.4) is 0 Å². The van der Waals surface area contributed by atoms with Gasteiger partial charge in [-0.1, -0.05) is 31.5 Å². The SMILES string of the molecule is CC(C)C1CN(S(=O)(=O)c2cc3cc(Cl)ccc3[nH]2)CC(=O)N1Cc1ccc2c(N)ncnc2c1. The number of anilines is 1. The molecule has 1 aliphatic rings. The van der Waals surface area contributed by atoms with Crippen LogP contribution in [0, 0.1) is 5.92 Å². The van der Waals surface area contributed by atoms with Crippen LogP contribution >= 0.6 is 11.6 Å². The molecule has 0 saturated carbocycles. The highest BCUT2D eigenvalue weighted by Gasteiger charge is 2.40. The maximum atomic E-state index is 13.5. The van der Waals surface area contributed by atoms with Gasteiger partial charge in [-0.2, -0.15) is 4.31 Å². The molecular weight excluding hydrogens is 488 g/mol. The lowest BCUT2D eigenvalue weighted by Crippen LogP contribution is -2.59. The van der Waals surface area contributed by atoms with Gasteiger partial charge in [-0.05, 0) is 47.9 Å². The van der Waals surface area contributed by atoms with Gasteiger partial charge in [-0.15, -0.1) is 0 Å². The van der Waals surface area contributed by atoms with Gasteiger partial charge in [0.25, 0.3) is 10.0 Å². The minimum atomic E-state index is -3.91. The van der Waals surface area contributed by atoms with E-state index in [1.165, 1.54) is 10.6 Å². The number of halogens is 1. The highest BCUT2D eigenvalue weighted by molar-refractivity contribution is 7.89. The van der Waals surface area contributed by atoms with Crippen LogP contribution in [-0.4, -0.2) is 57.6 Å². The molecule has 2 aromatic carbocycles. The Labute approximate surface area is 207 Å². The van der Waals surface area contributed by atoms with Gasteiger partial charge in [0.2, 0.25) is 5.91 Å². The fraction of sp³-hybridized carbons (Fsp3) is 0.292. The molecule has 1 unspecified atom stereocenters. The largest absolute Gasteiger partial charge is 0.383 e. The van der Waals surface area contributed by atoms with Crippen molar-refractivity contribution < 1.29 is 13.2 Å². The van der Waals surface area contributed by atoms with Crippen molar-refractivity contribution in [1.82, 2.24) is 24.2 Å². The molecule has 1 aliphatic heterocycles. The molecule has 1 atom stereocenters. The van der Waals surface area contributed by atoms with Crippen LogP contribution in [0.2, 0.25) is 5.02 Å². The number of fused-ring (bicyclic) bond motifs is 2. The van der Waals surface area contributed by atoms with E-state index in [2.05, 4.69) is 15.0 Å². The number of amides is 1. The quantitative estimate of drug-likeness (QED) is 0.422. The number of hydrogen-bond donors (Lipinski definition) is 2. The third-order valence-electron chi connectivity index (χ3n) is 6.45. The molecule has 182 valence electrons. The molecule has 5 rings (SSSR count). The smallest absolute Gasteiger partial charge is 0.259 e. The number of sulfonamides is 1. The Balaban J connectivity index is 1.42. The van der Waals surface area contributed by atoms with Gasteiger partial charge in [0.15, 0.2) is 0 Å². The second-order valence-corrected chi connectivity index (χ2v) is 11.4. The number of nitrogen functional groups attached to an aromatic ring is 1. The average molecular weight is 513 g/mol. The standard InChI is InChI=1S/C24H25ClN6O3S/c1-14(2)21-11-30(35(33,34)22-9-16-8-17(25)4-6-19(16)29-22)12-23(32)31(21)10-15-3-5-18-20(7-15)27-13-28-24(18)26/h3-9,13-14,21,29H,10-12H2,1-2H3,(H2,26,27,28). The summed E-state index contributed by atoms with van der Waals surface area (Å²) < 4.78 is 28.2. The molecule has 2 aromatic heterocycles. The van der Waals surface area contributed by atoms with Crippen LogP contribution in [0.1, 0.15) is 19.4 Å². The molecule has 11 heteroatoms. The number of hydrogen-bond acceptors (Lipinski definition) is 6. The van der Waals surface area contributed by atoms with Crippen LogP contribution < -0.4 is 5.73 Å². The summed E-state index contributed by atoms with van der Waals surface area (Å²) in [5.41, 5.74) is 8.17. The van der Waals surface area contributed by atoms with E-state index in [1.807, 2.05) is 32.0 Å². The Kier molecular flexibility index (Phi) is 5.90. The van der Waals surface area contributed by atoms with Gasteiger partial charge >= 0.3 is 0 Å². The molecular formula is C24H25ClN6O3S. The maximum absolute atomic E-state index is 13.5. The van der Waals surface area contributed by atoms with Gasteiger partial charge in [0, 0.05) is 40.4 Å². The first-order valence-electron chi connectivity index (χ1n) is 11.2. The molecule has 0 bridgehead atoms. The Morgan fingerprint density at radius 2 is 1.97 bits per heavy atom. The summed E-state index contributed by atoms with van der Waals surface area (Å²) in [7, 11) is -3.91. The molecule has 1 saturated heterocycles. The highest BCUT2D eigenvalue weighted by atomic mass is 35.5. The number of H-pyrrole nitrogens is 1. The van der Waals surface area contributed by atoms with E-state index in [0.29, 0.717) is 33.8 Å². The molecule has 3 N–H and O–H groups in total. The molecule has 35 heavy (non-hydrogen) atoms. The lowest BCUT2D eigenvalue weighted by molar-refractivity contribution is -0.139. The number of nitrogens with two attached hydrogens (primary N) is 1. The summed E-state index contributed by atoms with van der Waals surface area (Å²) in [6.45, 7) is 4.29. The Bertz CT molecular complexity index is 1550. The second-order valence-electron chi connectivity index (χ2n) is 9.11. The molecule has 4 aromatic rings. The summed E-state index contributed by atoms with van der Waals surface area (Å²) in [6, 6.07) is 12.0. The zero-order valence-electron chi connectivity index (χ0n) is 19.3. The summed E-state index contributed by atoms with van der Waals surface area (Å²) in [6.07, 6.45) is 1.41. The minimum absolute atomic E-state index is 0.0388. The van der Waals surface area contributed by atoms with Crippen LogP contribution in [0.5, 0.6) is 0 Å². The van der Waals surface area contributed by atoms with Gasteiger partial charge < -0.3 is 15.6 Å². The van der Waals surface area contributed by atoms with Crippen molar-refractivity contribution in [3.8, 4) is 0 Å². The lowest BCUT2D eigenvalue weighted by atomic mass is 9.99. The van der Waals surface area contributed by atoms with Crippen LogP contribution in [-0.2, 0) is 21.4 Å². The molecule has 9 nitrogen and oxygen atoms in total. The zero-order valence-corrected chi connectivity index (χ0v) is 20.8. The van der Waals surface area contributed by atoms with Crippen LogP contribution in [0.25, 0.3) is 21.8 Å². The number of nitrogens with zero attached hydrogens (tertiary/aromatic N) is 4. The first-order valence-corrected chi connectivity index (χ1v) is 13.0. The normalized spacial score (nSPS) is 17.7. The van der Waals surface area contributed by atoms with E-state index in [-0.39, 0.29) is 36.0 Å². The summed E-state index contributed by atoms with van der Waals surface area (Å²) >= 11 is 6.05. The second kappa shape index (κ2) is 8.78. The summed E-state index contributed by atoms with van der Waals surface area (Å²) in [4.78, 5) is 26.3. The van der Waals surface area contributed by atoms with Crippen molar-refractivity contribution in [2.24, 2.45) is 5.92 Å². The van der Waals surface area contributed by atoms with Gasteiger partial charge in [0.05, 0.1) is 12.1 Å². The number of carbonyl (C=O) groups excluding carboxylic acids is 1. The van der Waals surface area contributed by atoms with E-state index in [0.717, 1.165) is 10.9 Å². The van der Waals surface area contributed by atoms with Crippen molar-refractivity contribution in [2.45, 2.75) is 31.5 Å². The van der Waals surface area contributed by atoms with Gasteiger partial charge in [0.1, 0.15) is 17.2 Å². The van der Waals surface area contributed by atoms with Crippen LogP contribution in [0.15, 0.2) is 53.8 Å². The lowest BCUT2D eigenvalue weighted by Gasteiger charge is -2.42. The minimum Gasteiger partial charge on any atom is -0.383 e. The third kappa shape index (κ3) is 4.33. The number of aromatic amines is 1. The van der Waals surface area contributed by atoms with E-state index in [1.54, 1.807) is 29.2 Å². The Morgan fingerprint density at radius 3 is 2.74 bits per heavy atom. The van der Waals surface area contributed by atoms with E-state index >= 15 is 0 Å². The van der Waals surface area contributed by atoms with Crippen LogP contribution in [0.4, 0.5) is 5.82 Å². The monoisotopic (exact) mass is 512 g/mol. The molecule has 3 heterocycles. The fourth-order valence-corrected chi connectivity index (χ4v) is 6.13. The molecule has 0 spiro atoms. The Morgan fingerprint density at radius 1 is 1.17 bits per heavy atom. The average Bonchev–Trinajstić information content (AvgIpc) is 3.24. The number of benzene rings is 2. The number of piperazine rings is 1. The molecule has 0 radical (unpaired) electrons. The summed E-state index contributed by atoms with van der Waals surface area (Å²) in [5.74, 6) is 0.188. The van der Waals surface area contributed by atoms with E-state index < -0.39 is 10.0 Å². The fourth-order valence-electron chi connectivity index (χ4n) is 4.53.